The molecule has 0 aliphatic heterocycles. The summed E-state index contributed by atoms with van der Waals surface area (Å²) in [6.07, 6.45) is -0.234. The van der Waals surface area contributed by atoms with Gasteiger partial charge in [-0.1, -0.05) is 30.7 Å². The molecule has 6 heteroatoms. The van der Waals surface area contributed by atoms with Crippen molar-refractivity contribution in [1.82, 2.24) is 10.9 Å². The molecule has 0 saturated heterocycles. The lowest BCUT2D eigenvalue weighted by Gasteiger charge is -2.17. The predicted octanol–water partition coefficient (Wildman–Crippen LogP) is 3.00. The number of hydrazine groups is 1. The summed E-state index contributed by atoms with van der Waals surface area (Å²) in [7, 11) is 0. The third-order valence-corrected chi connectivity index (χ3v) is 3.85. The van der Waals surface area contributed by atoms with Crippen LogP contribution in [0.15, 0.2) is 42.5 Å². The van der Waals surface area contributed by atoms with Crippen LogP contribution in [-0.4, -0.2) is 24.5 Å². The number of rotatable bonds is 7. The van der Waals surface area contributed by atoms with Crippen LogP contribution >= 0.6 is 0 Å². The van der Waals surface area contributed by atoms with Gasteiger partial charge in [0.15, 0.2) is 12.7 Å². The zero-order chi connectivity index (χ0) is 19.8. The molecule has 0 aliphatic carbocycles. The number of ether oxygens (including phenoxy) is 2. The lowest BCUT2D eigenvalue weighted by Crippen LogP contribution is -2.49. The molecule has 27 heavy (non-hydrogen) atoms. The van der Waals surface area contributed by atoms with Crippen LogP contribution in [0.25, 0.3) is 0 Å². The maximum Gasteiger partial charge on any atom is 0.279 e. The summed E-state index contributed by atoms with van der Waals surface area (Å²) in [5.41, 5.74) is 7.94. The van der Waals surface area contributed by atoms with Crippen LogP contribution in [0.3, 0.4) is 0 Å². The number of carbonyl (C=O) groups excluding carboxylic acids is 2. The Balaban J connectivity index is 1.80. The molecule has 0 spiro atoms. The Morgan fingerprint density at radius 2 is 1.52 bits per heavy atom. The number of aryl methyl sites for hydroxylation is 3. The summed E-state index contributed by atoms with van der Waals surface area (Å²) in [6, 6.07) is 13.1. The van der Waals surface area contributed by atoms with Crippen molar-refractivity contribution in [2.45, 2.75) is 40.2 Å². The Hall–Kier alpha value is -3.02. The van der Waals surface area contributed by atoms with Gasteiger partial charge in [-0.3, -0.25) is 20.4 Å². The van der Waals surface area contributed by atoms with Crippen LogP contribution in [0.4, 0.5) is 0 Å². The second kappa shape index (κ2) is 9.62. The van der Waals surface area contributed by atoms with Gasteiger partial charge >= 0.3 is 0 Å². The Bertz CT molecular complexity index is 767. The first kappa shape index (κ1) is 20.3. The van der Waals surface area contributed by atoms with E-state index in [0.29, 0.717) is 17.9 Å². The summed E-state index contributed by atoms with van der Waals surface area (Å²) >= 11 is 0. The highest BCUT2D eigenvalue weighted by atomic mass is 16.5. The number of hydrogen-bond donors (Lipinski definition) is 2. The second-order valence-corrected chi connectivity index (χ2v) is 6.48. The average Bonchev–Trinajstić information content (AvgIpc) is 2.63. The van der Waals surface area contributed by atoms with E-state index >= 15 is 0 Å². The van der Waals surface area contributed by atoms with E-state index < -0.39 is 17.9 Å². The van der Waals surface area contributed by atoms with Crippen molar-refractivity contribution < 1.29 is 19.1 Å². The van der Waals surface area contributed by atoms with E-state index in [1.165, 1.54) is 0 Å². The first-order valence-electron chi connectivity index (χ1n) is 8.90. The van der Waals surface area contributed by atoms with Crippen molar-refractivity contribution >= 4 is 11.8 Å². The molecule has 1 atom stereocenters. The van der Waals surface area contributed by atoms with Gasteiger partial charge in [-0.25, -0.2) is 0 Å². The van der Waals surface area contributed by atoms with Crippen LogP contribution in [0, 0.1) is 20.8 Å². The SMILES string of the molecule is CCC(Oc1ccc(C)cc1)C(=O)NNC(=O)COc1cc(C)cc(C)c1. The van der Waals surface area contributed by atoms with Gasteiger partial charge in [0.05, 0.1) is 0 Å². The van der Waals surface area contributed by atoms with E-state index in [2.05, 4.69) is 10.9 Å². The van der Waals surface area contributed by atoms with Crippen LogP contribution in [0.2, 0.25) is 0 Å². The molecule has 0 heterocycles. The normalized spacial score (nSPS) is 11.4. The number of amides is 2. The molecule has 2 aromatic carbocycles. The average molecular weight is 370 g/mol. The standard InChI is InChI=1S/C21H26N2O4/c1-5-19(27-17-8-6-14(2)7-9-17)21(25)23-22-20(24)13-26-18-11-15(3)10-16(4)12-18/h6-12,19H,5,13H2,1-4H3,(H,22,24)(H,23,25). The fourth-order valence-electron chi connectivity index (χ4n) is 2.52. The minimum absolute atomic E-state index is 0.196. The monoisotopic (exact) mass is 370 g/mol. The fraction of sp³-hybridized carbons (Fsp3) is 0.333. The van der Waals surface area contributed by atoms with Crippen LogP contribution in [-0.2, 0) is 9.59 Å². The molecule has 0 bridgehead atoms. The van der Waals surface area contributed by atoms with Gasteiger partial charge in [-0.2, -0.15) is 0 Å². The van der Waals surface area contributed by atoms with Gasteiger partial charge in [0.2, 0.25) is 0 Å². The number of carbonyl (C=O) groups is 2. The molecular formula is C21H26N2O4. The van der Waals surface area contributed by atoms with Gasteiger partial charge in [0.1, 0.15) is 11.5 Å². The van der Waals surface area contributed by atoms with Gasteiger partial charge in [0, 0.05) is 0 Å². The number of nitrogens with one attached hydrogen (secondary N) is 2. The minimum atomic E-state index is -0.701. The molecule has 2 rings (SSSR count). The molecular weight excluding hydrogens is 344 g/mol. The van der Waals surface area contributed by atoms with E-state index in [-0.39, 0.29) is 6.61 Å². The highest BCUT2D eigenvalue weighted by Gasteiger charge is 2.19. The number of benzene rings is 2. The lowest BCUT2D eigenvalue weighted by atomic mass is 10.1. The van der Waals surface area contributed by atoms with E-state index in [4.69, 9.17) is 9.47 Å². The molecule has 0 saturated carbocycles. The molecule has 2 amide bonds. The van der Waals surface area contributed by atoms with Gasteiger partial charge in [0.25, 0.3) is 11.8 Å². The molecule has 0 aliphatic rings. The molecule has 0 aromatic heterocycles. The summed E-state index contributed by atoms with van der Waals surface area (Å²) in [5.74, 6) is 0.348. The fourth-order valence-corrected chi connectivity index (χ4v) is 2.52. The molecule has 0 fully saturated rings. The summed E-state index contributed by atoms with van der Waals surface area (Å²) in [5, 5.41) is 0. The van der Waals surface area contributed by atoms with Gasteiger partial charge < -0.3 is 9.47 Å². The highest BCUT2D eigenvalue weighted by Crippen LogP contribution is 2.16. The molecule has 2 N–H and O–H groups in total. The topological polar surface area (TPSA) is 76.7 Å². The largest absolute Gasteiger partial charge is 0.484 e. The van der Waals surface area contributed by atoms with E-state index in [0.717, 1.165) is 16.7 Å². The maximum absolute atomic E-state index is 12.2. The highest BCUT2D eigenvalue weighted by molar-refractivity contribution is 5.85. The summed E-state index contributed by atoms with van der Waals surface area (Å²) in [6.45, 7) is 7.53. The van der Waals surface area contributed by atoms with Crippen LogP contribution < -0.4 is 20.3 Å². The van der Waals surface area contributed by atoms with Crippen molar-refractivity contribution in [1.29, 1.82) is 0 Å². The van der Waals surface area contributed by atoms with Gasteiger partial charge in [-0.15, -0.1) is 0 Å². The summed E-state index contributed by atoms with van der Waals surface area (Å²) < 4.78 is 11.1. The first-order chi connectivity index (χ1) is 12.9. The molecule has 144 valence electrons. The van der Waals surface area contributed by atoms with Crippen LogP contribution in [0.5, 0.6) is 11.5 Å². The van der Waals surface area contributed by atoms with E-state index in [1.54, 1.807) is 0 Å². The Kier molecular flexibility index (Phi) is 7.23. The van der Waals surface area contributed by atoms with E-state index in [1.807, 2.05) is 70.2 Å². The zero-order valence-corrected chi connectivity index (χ0v) is 16.2. The Morgan fingerprint density at radius 3 is 2.11 bits per heavy atom. The van der Waals surface area contributed by atoms with Crippen molar-refractivity contribution in [3.05, 3.63) is 59.2 Å². The predicted molar refractivity (Wildman–Crippen MR) is 104 cm³/mol. The smallest absolute Gasteiger partial charge is 0.279 e. The second-order valence-electron chi connectivity index (χ2n) is 6.48. The zero-order valence-electron chi connectivity index (χ0n) is 16.2. The third-order valence-electron chi connectivity index (χ3n) is 3.85. The minimum Gasteiger partial charge on any atom is -0.484 e. The van der Waals surface area contributed by atoms with Crippen molar-refractivity contribution in [3.63, 3.8) is 0 Å². The first-order valence-corrected chi connectivity index (χ1v) is 8.90. The quantitative estimate of drug-likeness (QED) is 0.735. The van der Waals surface area contributed by atoms with Gasteiger partial charge in [-0.05, 0) is 62.6 Å². The molecule has 6 nitrogen and oxygen atoms in total. The van der Waals surface area contributed by atoms with Crippen molar-refractivity contribution in [2.24, 2.45) is 0 Å². The van der Waals surface area contributed by atoms with Crippen molar-refractivity contribution in [3.8, 4) is 11.5 Å². The maximum atomic E-state index is 12.2. The lowest BCUT2D eigenvalue weighted by molar-refractivity contribution is -0.134. The number of hydrogen-bond acceptors (Lipinski definition) is 4. The summed E-state index contributed by atoms with van der Waals surface area (Å²) in [4.78, 5) is 24.1. The third kappa shape index (κ3) is 6.66. The molecule has 0 radical (unpaired) electrons. The van der Waals surface area contributed by atoms with E-state index in [9.17, 15) is 9.59 Å². The Labute approximate surface area is 159 Å². The molecule has 2 aromatic rings. The Morgan fingerprint density at radius 1 is 0.889 bits per heavy atom. The van der Waals surface area contributed by atoms with Crippen LogP contribution in [0.1, 0.15) is 30.0 Å². The van der Waals surface area contributed by atoms with Crippen molar-refractivity contribution in [2.75, 3.05) is 6.61 Å². The molecule has 1 unspecified atom stereocenters.